The van der Waals surface area contributed by atoms with Gasteiger partial charge in [-0.15, -0.1) is 5.60 Å². The number of benzene rings is 3. The zero-order chi connectivity index (χ0) is 92.8. The number of carbonyl (C=O) groups excluding carboxylic acids is 7. The first-order chi connectivity index (χ1) is 57.8. The van der Waals surface area contributed by atoms with Crippen LogP contribution in [0, 0.1) is 38.5 Å². The number of amidine groups is 1. The number of aryl methyl sites for hydroxylation is 6. The number of Topliss-reactive ketones (excluding diaryl/α,β-unsaturated/α-hetero) is 3. The van der Waals surface area contributed by atoms with E-state index in [0.717, 1.165) is 159 Å². The van der Waals surface area contributed by atoms with Crippen LogP contribution in [0.4, 0.5) is 0 Å². The van der Waals surface area contributed by atoms with Crippen LogP contribution >= 0.6 is 0 Å². The molecule has 0 radical (unpaired) electrons. The van der Waals surface area contributed by atoms with Gasteiger partial charge in [0.25, 0.3) is 5.91 Å². The topological polar surface area (TPSA) is 427 Å². The molecule has 4 amide bonds. The molecule has 3 saturated carbocycles. The third kappa shape index (κ3) is 38.6. The second-order valence-electron chi connectivity index (χ2n) is 37.2. The van der Waals surface area contributed by atoms with Gasteiger partial charge in [0.2, 0.25) is 47.8 Å². The number of hydrogen-bond acceptors (Lipinski definition) is 18. The van der Waals surface area contributed by atoms with E-state index < -0.39 is 75.7 Å². The number of rotatable bonds is 30. The Balaban J connectivity index is 0.000000351. The fraction of sp³-hybridized carbons (Fsp3) is 0.653. The minimum absolute atomic E-state index is 0. The standard InChI is InChI=1S/C29H43N3O5S.C29H41N3O4S.C18H27N3O4S.C11H18O2.C4H10O.C4H9O.K/c1-4-5-6-23-7-11-26(12-8-23)27(34)31-29(28(30)35)14-16-32(17-15-29)38(36,37)18-13-25-10-9-24(19-21(25)2)20-22(3)33;1-4-5-6-23-7-11-26(12-8-23)27-30-28(34)29(31-27)14-16-32(17-15-29)37(35,36)18-13-25-10-9-24(19-21(25)2)20-22(3)33;1-13-11-15(12-14(2)22)3-4-16(13)5-10-26(24,25)21-8-6-18(20,7-9-21)17(19)23;1-2-3-4-9-5-7-10(8-6-9)11(12)13;2*1-4(2,3)5;/h6,9-10,19,26H,4-5,7-8,11-18,20H2,1-3H3,(H2,30,35)(H,31,34);6,9-10,19,26H,4-5,7-8,11-18,20H2,1-3H3,(H,30,31,34);3-4,11H,5-10,12,20H2,1-2H3,(H2,19,23);4,10H,2-3,5-8H2,1H3,(H,12,13);5H,1-3H3;1-3H3;/q;;;;;-1;+1. The van der Waals surface area contributed by atoms with Crippen molar-refractivity contribution in [3.05, 3.63) is 140 Å². The second kappa shape index (κ2) is 51.7. The van der Waals surface area contributed by atoms with E-state index in [2.05, 4.69) is 49.6 Å². The molecule has 0 aromatic heterocycles. The molecule has 10 N–H and O–H groups in total. The Morgan fingerprint density at radius 3 is 1.12 bits per heavy atom. The van der Waals surface area contributed by atoms with Crippen LogP contribution in [0.25, 0.3) is 0 Å². The third-order valence-electron chi connectivity index (χ3n) is 23.9. The number of piperidine rings is 3. The van der Waals surface area contributed by atoms with Crippen LogP contribution in [0.3, 0.4) is 0 Å². The number of aliphatic carboxylic acids is 1. The molecule has 694 valence electrons. The first-order valence-corrected chi connectivity index (χ1v) is 49.7. The first-order valence-electron chi connectivity index (χ1n) is 44.8. The molecule has 1 spiro atoms. The maximum absolute atomic E-state index is 13.1. The summed E-state index contributed by atoms with van der Waals surface area (Å²) in [5, 5.41) is 33.4. The molecule has 3 aromatic carbocycles. The van der Waals surface area contributed by atoms with Crippen molar-refractivity contribution >= 4 is 82.9 Å². The van der Waals surface area contributed by atoms with Crippen molar-refractivity contribution in [2.75, 3.05) is 56.5 Å². The largest absolute Gasteiger partial charge is 1.00 e. The Hall–Kier alpha value is -5.84. The van der Waals surface area contributed by atoms with E-state index >= 15 is 0 Å². The number of sulfonamides is 3. The fourth-order valence-corrected chi connectivity index (χ4v) is 20.8. The van der Waals surface area contributed by atoms with Gasteiger partial charge in [0.1, 0.15) is 34.3 Å². The van der Waals surface area contributed by atoms with E-state index in [0.29, 0.717) is 64.5 Å². The van der Waals surface area contributed by atoms with E-state index in [1.165, 1.54) is 42.5 Å². The minimum atomic E-state index is -3.56. The normalized spacial score (nSPS) is 19.7. The Kier molecular flexibility index (Phi) is 46.1. The van der Waals surface area contributed by atoms with E-state index in [1.54, 1.807) is 62.3 Å². The quantitative estimate of drug-likeness (QED) is 0.0242. The number of unbranched alkanes of at least 4 members (excludes halogenated alkanes) is 3. The third-order valence-corrected chi connectivity index (χ3v) is 29.5. The molecule has 0 atom stereocenters. The summed E-state index contributed by atoms with van der Waals surface area (Å²) in [6.07, 6.45) is 28.9. The van der Waals surface area contributed by atoms with Crippen molar-refractivity contribution in [1.29, 1.82) is 0 Å². The van der Waals surface area contributed by atoms with Crippen molar-refractivity contribution in [2.45, 2.75) is 324 Å². The van der Waals surface area contributed by atoms with E-state index in [9.17, 15) is 68.7 Å². The number of carbonyl (C=O) groups is 8. The number of amides is 4. The van der Waals surface area contributed by atoms with Crippen molar-refractivity contribution in [1.82, 2.24) is 23.5 Å². The van der Waals surface area contributed by atoms with Crippen molar-refractivity contribution in [3.63, 3.8) is 0 Å². The summed E-state index contributed by atoms with van der Waals surface area (Å²) >= 11 is 0. The van der Waals surface area contributed by atoms with Crippen LogP contribution in [0.15, 0.2) is 94.5 Å². The number of carboxylic acid groups (broad SMARTS) is 1. The molecular weight excluding hydrogens is 1670 g/mol. The molecule has 0 bridgehead atoms. The summed E-state index contributed by atoms with van der Waals surface area (Å²) in [5.41, 5.74) is 25.6. The first kappa shape index (κ1) is 111. The van der Waals surface area contributed by atoms with Gasteiger partial charge in [-0.25, -0.2) is 38.2 Å². The predicted molar refractivity (Wildman–Crippen MR) is 490 cm³/mol. The summed E-state index contributed by atoms with van der Waals surface area (Å²) in [5.74, 6) is -0.900. The van der Waals surface area contributed by atoms with Gasteiger partial charge in [-0.3, -0.25) is 43.3 Å². The van der Waals surface area contributed by atoms with Crippen molar-refractivity contribution in [2.24, 2.45) is 39.9 Å². The maximum atomic E-state index is 13.1. The van der Waals surface area contributed by atoms with Crippen LogP contribution in [-0.4, -0.2) is 186 Å². The predicted octanol–water partition coefficient (Wildman–Crippen LogP) is 8.82. The molecule has 3 aliphatic carbocycles. The zero-order valence-corrected chi connectivity index (χ0v) is 83.6. The summed E-state index contributed by atoms with van der Waals surface area (Å²) < 4.78 is 82.0. The molecule has 0 unspecified atom stereocenters. The Labute approximate surface area is 790 Å². The summed E-state index contributed by atoms with van der Waals surface area (Å²) in [7, 11) is -10.4. The molecule has 4 aliphatic heterocycles. The molecule has 6 fully saturated rings. The Morgan fingerprint density at radius 1 is 0.528 bits per heavy atom. The van der Waals surface area contributed by atoms with Gasteiger partial charge in [-0.2, -0.15) is 0 Å². The van der Waals surface area contributed by atoms with Crippen LogP contribution < -0.4 is 84.3 Å². The van der Waals surface area contributed by atoms with Crippen molar-refractivity contribution in [3.8, 4) is 0 Å². The number of allylic oxidation sites excluding steroid dienone is 6. The maximum Gasteiger partial charge on any atom is 1.00 e. The number of aliphatic imine (C=N–C) groups is 1. The molecular formula is C95H148KN9O17S3. The zero-order valence-electron chi connectivity index (χ0n) is 78.0. The van der Waals surface area contributed by atoms with Crippen LogP contribution in [0.5, 0.6) is 0 Å². The van der Waals surface area contributed by atoms with E-state index in [1.807, 2.05) is 75.4 Å². The van der Waals surface area contributed by atoms with Gasteiger partial charge >= 0.3 is 57.4 Å². The second-order valence-corrected chi connectivity index (χ2v) is 43.4. The van der Waals surface area contributed by atoms with Crippen LogP contribution in [0.1, 0.15) is 287 Å². The molecule has 7 aliphatic rings. The number of nitrogens with zero attached hydrogens (tertiary/aromatic N) is 4. The molecule has 30 heteroatoms. The number of aliphatic hydroxyl groups is 1. The smallest absolute Gasteiger partial charge is 0.850 e. The molecule has 3 aromatic rings. The SMILES string of the molecule is CC(=O)Cc1ccc(CCS(=O)(=O)N2CCC(N)(C(N)=O)CC2)c(C)c1.CC(C)(C)O.CC(C)(C)[O-].CCCC=C1CCC(C(=O)NC2(C(N)=O)CCN(S(=O)(=O)CCc3ccc(CC(C)=O)cc3C)CC2)CC1.CCCC=C1CCC(C(=O)O)CC1.CCCC=C1CCC(C2=NC3(CCN(S(=O)(=O)CCc4ccc(CC(C)=O)cc4C)CC3)C(=O)N2)CC1.[K+]. The molecule has 10 rings (SSSR count). The van der Waals surface area contributed by atoms with Crippen LogP contribution in [-0.2, 0) is 107 Å². The number of hydrogen-bond donors (Lipinski definition) is 7. The van der Waals surface area contributed by atoms with Crippen molar-refractivity contribution < 1.29 is 130 Å². The number of nitrogens with two attached hydrogens (primary N) is 3. The summed E-state index contributed by atoms with van der Waals surface area (Å²) in [6.45, 7) is 28.4. The average molecular weight is 1820 g/mol. The average Bonchev–Trinajstić information content (AvgIpc) is 1.65. The number of primary amides is 2. The monoisotopic (exact) mass is 1820 g/mol. The van der Waals surface area contributed by atoms with Crippen LogP contribution in [0.2, 0.25) is 0 Å². The summed E-state index contributed by atoms with van der Waals surface area (Å²) in [6, 6.07) is 17.2. The van der Waals surface area contributed by atoms with Gasteiger partial charge in [0, 0.05) is 70.4 Å². The minimum Gasteiger partial charge on any atom is -0.850 e. The Bertz CT molecular complexity index is 4560. The molecule has 4 heterocycles. The van der Waals surface area contributed by atoms with Gasteiger partial charge < -0.3 is 43.2 Å². The van der Waals surface area contributed by atoms with E-state index in [4.69, 9.17) is 32.4 Å². The molecule has 3 saturated heterocycles. The van der Waals surface area contributed by atoms with Gasteiger partial charge in [0.15, 0.2) is 0 Å². The van der Waals surface area contributed by atoms with Gasteiger partial charge in [0.05, 0.1) is 34.3 Å². The molecule has 26 nitrogen and oxygen atoms in total. The number of ketones is 3. The fourth-order valence-electron chi connectivity index (χ4n) is 16.4. The number of carboxylic acids is 1. The van der Waals surface area contributed by atoms with Gasteiger partial charge in [-0.05, 0) is 266 Å². The van der Waals surface area contributed by atoms with Gasteiger partial charge in [-0.1, -0.05) is 150 Å². The Morgan fingerprint density at radius 2 is 0.832 bits per heavy atom. The summed E-state index contributed by atoms with van der Waals surface area (Å²) in [4.78, 5) is 99.4. The van der Waals surface area contributed by atoms with E-state index in [-0.39, 0.29) is 167 Å². The number of nitrogens with one attached hydrogen (secondary N) is 2. The molecule has 125 heavy (non-hydrogen) atoms.